The van der Waals surface area contributed by atoms with Gasteiger partial charge in [0.15, 0.2) is 5.75 Å². The van der Waals surface area contributed by atoms with Gasteiger partial charge in [-0.3, -0.25) is 9.59 Å². The third-order valence-electron chi connectivity index (χ3n) is 4.55. The monoisotopic (exact) mass is 564 g/mol. The molecule has 0 saturated heterocycles. The number of nitrogens with zero attached hydrogens (tertiary/aromatic N) is 1. The third-order valence-corrected chi connectivity index (χ3v) is 5.43. The summed E-state index contributed by atoms with van der Waals surface area (Å²) in [5, 5.41) is 12.4. The van der Waals surface area contributed by atoms with E-state index in [-0.39, 0.29) is 39.9 Å². The van der Waals surface area contributed by atoms with Crippen LogP contribution in [0.5, 0.6) is 17.2 Å². The van der Waals surface area contributed by atoms with Gasteiger partial charge in [0.05, 0.1) is 12.1 Å². The Hall–Kier alpha value is -3.40. The van der Waals surface area contributed by atoms with E-state index in [0.29, 0.717) is 17.2 Å². The van der Waals surface area contributed by atoms with Crippen molar-refractivity contribution in [1.29, 1.82) is 0 Å². The van der Waals surface area contributed by atoms with Gasteiger partial charge in [0.1, 0.15) is 29.1 Å². The highest BCUT2D eigenvalue weighted by Gasteiger charge is 2.19. The molecule has 1 unspecified atom stereocenters. The summed E-state index contributed by atoms with van der Waals surface area (Å²) in [7, 11) is 1.44. The highest BCUT2D eigenvalue weighted by molar-refractivity contribution is 7.80. The van der Waals surface area contributed by atoms with Crippen molar-refractivity contribution in [2.45, 2.75) is 26.4 Å². The molecule has 1 aromatic heterocycles. The molecular weight excluding hydrogens is 539 g/mol. The Morgan fingerprint density at radius 1 is 1.14 bits per heavy atom. The van der Waals surface area contributed by atoms with Crippen LogP contribution in [0.25, 0.3) is 0 Å². The fourth-order valence-corrected chi connectivity index (χ4v) is 3.59. The first kappa shape index (κ1) is 29.8. The molecule has 196 valence electrons. The Balaban J connectivity index is 0.000000449. The molecule has 1 atom stereocenters. The number of benzene rings is 2. The lowest BCUT2D eigenvalue weighted by Crippen LogP contribution is -2.32. The van der Waals surface area contributed by atoms with Gasteiger partial charge in [-0.15, -0.1) is 0 Å². The number of aromatic nitrogens is 1. The van der Waals surface area contributed by atoms with Crippen molar-refractivity contribution in [3.63, 3.8) is 0 Å². The van der Waals surface area contributed by atoms with Crippen molar-refractivity contribution in [3.8, 4) is 17.2 Å². The van der Waals surface area contributed by atoms with Gasteiger partial charge in [0, 0.05) is 30.6 Å². The van der Waals surface area contributed by atoms with Gasteiger partial charge in [-0.2, -0.15) is 0 Å². The Kier molecular flexibility index (Phi) is 12.1. The molecule has 11 heteroatoms. The van der Waals surface area contributed by atoms with Crippen molar-refractivity contribution in [2.24, 2.45) is 0 Å². The summed E-state index contributed by atoms with van der Waals surface area (Å²) in [5.74, 6) is -0.530. The van der Waals surface area contributed by atoms with Gasteiger partial charge in [0.2, 0.25) is 5.75 Å². The summed E-state index contributed by atoms with van der Waals surface area (Å²) in [6.45, 7) is 2.94. The van der Waals surface area contributed by atoms with Crippen molar-refractivity contribution < 1.29 is 28.9 Å². The van der Waals surface area contributed by atoms with E-state index in [4.69, 9.17) is 54.7 Å². The third kappa shape index (κ3) is 10.2. The Labute approximate surface area is 230 Å². The number of methoxy groups -OCH3 is 1. The normalized spacial score (nSPS) is 10.8. The maximum atomic E-state index is 12.1. The zero-order valence-corrected chi connectivity index (χ0v) is 22.7. The largest absolute Gasteiger partial charge is 0.506 e. The molecule has 1 heterocycles. The average molecular weight is 565 g/mol. The number of phenolic OH excluding ortho intramolecular Hbond substituents is 1. The number of esters is 2. The molecule has 8 nitrogen and oxygen atoms in total. The molecule has 0 aliphatic carbocycles. The van der Waals surface area contributed by atoms with Crippen LogP contribution in [0, 0.1) is 0 Å². The summed E-state index contributed by atoms with van der Waals surface area (Å²) < 4.78 is 15.7. The van der Waals surface area contributed by atoms with E-state index in [1.807, 2.05) is 37.3 Å². The fraction of sp³-hybridized carbons (Fsp3) is 0.231. The van der Waals surface area contributed by atoms with Crippen molar-refractivity contribution in [3.05, 3.63) is 82.1 Å². The van der Waals surface area contributed by atoms with Gasteiger partial charge in [-0.25, -0.2) is 4.98 Å². The van der Waals surface area contributed by atoms with E-state index in [9.17, 15) is 9.59 Å². The van der Waals surface area contributed by atoms with Gasteiger partial charge in [-0.05, 0) is 30.7 Å². The number of aromatic hydroxyl groups is 1. The molecule has 0 saturated carbocycles. The highest BCUT2D eigenvalue weighted by atomic mass is 35.5. The van der Waals surface area contributed by atoms with E-state index in [0.717, 1.165) is 5.56 Å². The molecule has 3 aromatic rings. The van der Waals surface area contributed by atoms with Crippen molar-refractivity contribution >= 4 is 52.3 Å². The lowest BCUT2D eigenvalue weighted by molar-refractivity contribution is -0.146. The molecule has 0 amide bonds. The second kappa shape index (κ2) is 15.0. The lowest BCUT2D eigenvalue weighted by atomic mass is 10.1. The summed E-state index contributed by atoms with van der Waals surface area (Å²) in [6.07, 6.45) is 1.80. The zero-order valence-electron chi connectivity index (χ0n) is 20.4. The summed E-state index contributed by atoms with van der Waals surface area (Å²) in [4.78, 5) is 27.7. The number of hydrogen-bond donors (Lipinski definition) is 2. The van der Waals surface area contributed by atoms with Crippen LogP contribution < -0.4 is 14.8 Å². The minimum Gasteiger partial charge on any atom is -0.506 e. The predicted molar refractivity (Wildman–Crippen MR) is 146 cm³/mol. The number of phenols is 1. The zero-order chi connectivity index (χ0) is 27.4. The number of carbonyl (C=O) groups is 2. The number of ether oxygens (including phenoxy) is 3. The molecule has 0 spiro atoms. The van der Waals surface area contributed by atoms with Gasteiger partial charge < -0.3 is 24.6 Å². The minimum atomic E-state index is -0.538. The highest BCUT2D eigenvalue weighted by Crippen LogP contribution is 2.30. The molecule has 37 heavy (non-hydrogen) atoms. The Bertz CT molecular complexity index is 1230. The van der Waals surface area contributed by atoms with Gasteiger partial charge >= 0.3 is 11.9 Å². The van der Waals surface area contributed by atoms with Crippen LogP contribution in [0.3, 0.4) is 0 Å². The van der Waals surface area contributed by atoms with Crippen molar-refractivity contribution in [1.82, 2.24) is 10.3 Å². The van der Waals surface area contributed by atoms with E-state index < -0.39 is 11.9 Å². The number of pyridine rings is 1. The minimum absolute atomic E-state index is 0.0565. The van der Waals surface area contributed by atoms with Crippen molar-refractivity contribution in [2.75, 3.05) is 13.7 Å². The number of rotatable bonds is 8. The van der Waals surface area contributed by atoms with Crippen LogP contribution in [0.15, 0.2) is 60.8 Å². The van der Waals surface area contributed by atoms with Crippen LogP contribution in [0.4, 0.5) is 0 Å². The fourth-order valence-electron chi connectivity index (χ4n) is 2.97. The predicted octanol–water partition coefficient (Wildman–Crippen LogP) is 5.15. The van der Waals surface area contributed by atoms with E-state index in [1.165, 1.54) is 32.4 Å². The first-order valence-corrected chi connectivity index (χ1v) is 12.1. The topological polar surface area (TPSA) is 107 Å². The number of thiocarbonyl (C=S) groups is 1. The summed E-state index contributed by atoms with van der Waals surface area (Å²) in [5.41, 5.74) is 1.28. The summed E-state index contributed by atoms with van der Waals surface area (Å²) in [6, 6.07) is 15.8. The molecule has 0 radical (unpaired) electrons. The van der Waals surface area contributed by atoms with Crippen LogP contribution in [-0.4, -0.2) is 46.8 Å². The second-order valence-corrected chi connectivity index (χ2v) is 8.81. The van der Waals surface area contributed by atoms with E-state index in [1.54, 1.807) is 12.1 Å². The number of hydrogen-bond acceptors (Lipinski definition) is 8. The second-order valence-electron chi connectivity index (χ2n) is 7.55. The molecule has 3 rings (SSSR count). The maximum Gasteiger partial charge on any atom is 0.325 e. The number of carbonyl (C=O) groups excluding carboxylic acids is 2. The van der Waals surface area contributed by atoms with Crippen LogP contribution in [-0.2, 0) is 20.7 Å². The number of halogens is 2. The maximum absolute atomic E-state index is 12.1. The van der Waals surface area contributed by atoms with Crippen LogP contribution in [0.2, 0.25) is 10.0 Å². The van der Waals surface area contributed by atoms with E-state index in [2.05, 4.69) is 10.3 Å². The molecule has 0 aliphatic heterocycles. The standard InChI is InChI=1S/C20H22N2O5S.C6H4Cl2O/c1-13(11-15-7-5-4-6-8-15)26-17(24)12-22-20(28)18-19(27-14(2)23)16(25-3)9-10-21-18;7-4-1-2-6(9)5(8)3-4/h4-10,13H,11-12H2,1-3H3,(H,22,28);1-3,9H. The van der Waals surface area contributed by atoms with Crippen LogP contribution >= 0.6 is 35.4 Å². The van der Waals surface area contributed by atoms with Gasteiger partial charge in [-0.1, -0.05) is 65.8 Å². The SMILES string of the molecule is COc1ccnc(C(=S)NCC(=O)OC(C)Cc2ccccc2)c1OC(C)=O.Oc1ccc(Cl)cc1Cl. The molecule has 0 bridgehead atoms. The molecule has 2 N–H and O–H groups in total. The quantitative estimate of drug-likeness (QED) is 0.283. The average Bonchev–Trinajstić information content (AvgIpc) is 2.85. The smallest absolute Gasteiger partial charge is 0.325 e. The first-order valence-electron chi connectivity index (χ1n) is 11.0. The Morgan fingerprint density at radius 3 is 2.43 bits per heavy atom. The molecule has 0 aliphatic rings. The van der Waals surface area contributed by atoms with Gasteiger partial charge in [0.25, 0.3) is 0 Å². The van der Waals surface area contributed by atoms with E-state index >= 15 is 0 Å². The summed E-state index contributed by atoms with van der Waals surface area (Å²) >= 11 is 16.3. The molecule has 0 fully saturated rings. The number of nitrogens with one attached hydrogen (secondary N) is 1. The lowest BCUT2D eigenvalue weighted by Gasteiger charge is -2.15. The molecule has 2 aromatic carbocycles. The van der Waals surface area contributed by atoms with Crippen LogP contribution in [0.1, 0.15) is 25.1 Å². The molecular formula is C26H26Cl2N2O6S. The first-order chi connectivity index (χ1) is 17.6. The Morgan fingerprint density at radius 2 is 1.84 bits per heavy atom.